The van der Waals surface area contributed by atoms with Gasteiger partial charge in [0.15, 0.2) is 5.65 Å². The Morgan fingerprint density at radius 1 is 1.18 bits per heavy atom. The first kappa shape index (κ1) is 34.1. The van der Waals surface area contributed by atoms with E-state index in [1.807, 2.05) is 51.6 Å². The van der Waals surface area contributed by atoms with Crippen molar-refractivity contribution in [3.63, 3.8) is 0 Å². The number of phenolic OH excluding ortho intramolecular Hbond substituents is 1. The third-order valence-corrected chi connectivity index (χ3v) is 9.57. The molecule has 6 rings (SSSR count). The summed E-state index contributed by atoms with van der Waals surface area (Å²) in [7, 11) is 3.76. The van der Waals surface area contributed by atoms with E-state index in [0.29, 0.717) is 29.0 Å². The number of hydrogen-bond acceptors (Lipinski definition) is 8. The third-order valence-electron chi connectivity index (χ3n) is 9.28. The first-order chi connectivity index (χ1) is 23.3. The molecule has 5 heterocycles. The van der Waals surface area contributed by atoms with Crippen molar-refractivity contribution in [3.05, 3.63) is 81.6 Å². The number of nitrogens with zero attached hydrogens (tertiary/aromatic N) is 7. The molecule has 256 valence electrons. The SMILES string of the molecule is C=CC(=O)N1CC2C(=O)N(CCN(C)C)c3c(c4cc(Cl)c(-c5c(O)cccc5F)nc4n(-c4c(C)ccnc4C(C)C)c3=O)N2CC1C. The second-order valence-electron chi connectivity index (χ2n) is 13.2. The molecule has 2 aliphatic heterocycles. The number of aromatic hydroxyl groups is 1. The Morgan fingerprint density at radius 3 is 2.57 bits per heavy atom. The highest BCUT2D eigenvalue weighted by atomic mass is 35.5. The Hall–Kier alpha value is -4.81. The van der Waals surface area contributed by atoms with Gasteiger partial charge in [-0.15, -0.1) is 0 Å². The van der Waals surface area contributed by atoms with Gasteiger partial charge in [-0.1, -0.05) is 38.1 Å². The maximum atomic E-state index is 15.3. The number of likely N-dealkylation sites (N-methyl/N-ethyl adjacent to an activating group) is 1. The van der Waals surface area contributed by atoms with E-state index in [2.05, 4.69) is 11.6 Å². The van der Waals surface area contributed by atoms with Crippen molar-refractivity contribution in [1.29, 1.82) is 0 Å². The monoisotopic (exact) mass is 687 g/mol. The number of aryl methyl sites for hydroxylation is 1. The molecule has 49 heavy (non-hydrogen) atoms. The minimum absolute atomic E-state index is 0.0362. The lowest BCUT2D eigenvalue weighted by Crippen LogP contribution is -2.67. The summed E-state index contributed by atoms with van der Waals surface area (Å²) in [5, 5.41) is 11.2. The predicted octanol–water partition coefficient (Wildman–Crippen LogP) is 4.88. The van der Waals surface area contributed by atoms with Gasteiger partial charge in [0.2, 0.25) is 5.91 Å². The van der Waals surface area contributed by atoms with Gasteiger partial charge in [-0.2, -0.15) is 0 Å². The van der Waals surface area contributed by atoms with Crippen molar-refractivity contribution in [3.8, 4) is 22.7 Å². The van der Waals surface area contributed by atoms with Gasteiger partial charge in [0.05, 0.1) is 39.9 Å². The molecule has 2 amide bonds. The van der Waals surface area contributed by atoms with Crippen molar-refractivity contribution in [2.45, 2.75) is 45.7 Å². The number of carbonyl (C=O) groups excluding carboxylic acids is 2. The number of anilines is 2. The van der Waals surface area contributed by atoms with E-state index in [-0.39, 0.29) is 76.8 Å². The fraction of sp³-hybridized carbons (Fsp3) is 0.361. The average molecular weight is 688 g/mol. The Kier molecular flexibility index (Phi) is 8.97. The Balaban J connectivity index is 1.77. The van der Waals surface area contributed by atoms with Gasteiger partial charge in [-0.25, -0.2) is 9.37 Å². The standard InChI is InChI=1S/C36H39ClFN7O4/c1-8-27(47)43-18-25-35(48)42(15-14-41(6)7)33-32(44(25)17-21(43)5)22-16-23(37)30(28-24(38)10-9-11-26(28)46)40-34(22)45(36(33)49)31-20(4)12-13-39-29(31)19(2)3/h8-13,16,19,21,25,46H,1,14-15,17-18H2,2-7H3. The van der Waals surface area contributed by atoms with E-state index in [1.54, 1.807) is 23.2 Å². The van der Waals surface area contributed by atoms with E-state index in [9.17, 15) is 14.7 Å². The maximum Gasteiger partial charge on any atom is 0.283 e. The third kappa shape index (κ3) is 5.62. The van der Waals surface area contributed by atoms with E-state index in [0.717, 1.165) is 5.56 Å². The van der Waals surface area contributed by atoms with Crippen molar-refractivity contribution in [2.75, 3.05) is 50.1 Å². The molecule has 4 aromatic rings. The van der Waals surface area contributed by atoms with Crippen LogP contribution in [0.3, 0.4) is 0 Å². The number of fused-ring (bicyclic) bond motifs is 5. The summed E-state index contributed by atoms with van der Waals surface area (Å²) in [4.78, 5) is 59.0. The molecule has 2 atom stereocenters. The van der Waals surface area contributed by atoms with Crippen LogP contribution in [0, 0.1) is 12.7 Å². The Bertz CT molecular complexity index is 2060. The van der Waals surface area contributed by atoms with Crippen molar-refractivity contribution in [1.82, 2.24) is 24.3 Å². The van der Waals surface area contributed by atoms with Crippen molar-refractivity contribution in [2.24, 2.45) is 0 Å². The molecule has 0 aliphatic carbocycles. The molecular formula is C36H39ClFN7O4. The van der Waals surface area contributed by atoms with Gasteiger partial charge >= 0.3 is 0 Å². The normalized spacial score (nSPS) is 17.6. The number of piperazine rings is 1. The number of benzene rings is 1. The predicted molar refractivity (Wildman–Crippen MR) is 189 cm³/mol. The maximum absolute atomic E-state index is 15.3. The molecule has 1 aromatic carbocycles. The van der Waals surface area contributed by atoms with Crippen LogP contribution in [-0.2, 0) is 9.59 Å². The second kappa shape index (κ2) is 12.9. The molecule has 3 aromatic heterocycles. The van der Waals surface area contributed by atoms with Gasteiger partial charge in [0.25, 0.3) is 11.5 Å². The van der Waals surface area contributed by atoms with Crippen LogP contribution in [0.1, 0.15) is 37.9 Å². The zero-order valence-corrected chi connectivity index (χ0v) is 29.1. The lowest BCUT2D eigenvalue weighted by Gasteiger charge is -2.50. The van der Waals surface area contributed by atoms with Crippen LogP contribution in [0.5, 0.6) is 5.75 Å². The molecule has 11 nitrogen and oxygen atoms in total. The van der Waals surface area contributed by atoms with Crippen molar-refractivity contribution < 1.29 is 19.1 Å². The summed E-state index contributed by atoms with van der Waals surface area (Å²) in [5.41, 5.74) is 1.85. The average Bonchev–Trinajstić information content (AvgIpc) is 3.04. The summed E-state index contributed by atoms with van der Waals surface area (Å²) < 4.78 is 16.8. The van der Waals surface area contributed by atoms with Gasteiger partial charge < -0.3 is 24.7 Å². The van der Waals surface area contributed by atoms with Crippen LogP contribution in [0.4, 0.5) is 15.8 Å². The molecule has 13 heteroatoms. The summed E-state index contributed by atoms with van der Waals surface area (Å²) >= 11 is 6.92. The second-order valence-corrected chi connectivity index (χ2v) is 13.6. The van der Waals surface area contributed by atoms with E-state index >= 15 is 9.18 Å². The van der Waals surface area contributed by atoms with Gasteiger partial charge in [-0.3, -0.25) is 23.9 Å². The van der Waals surface area contributed by atoms with Gasteiger partial charge in [0.1, 0.15) is 23.3 Å². The van der Waals surface area contributed by atoms with Crippen LogP contribution >= 0.6 is 11.6 Å². The minimum Gasteiger partial charge on any atom is -0.507 e. The fourth-order valence-electron chi connectivity index (χ4n) is 6.87. The smallest absolute Gasteiger partial charge is 0.283 e. The number of phenols is 1. The van der Waals surface area contributed by atoms with Gasteiger partial charge in [-0.05, 0) is 69.8 Å². The first-order valence-corrected chi connectivity index (χ1v) is 16.5. The molecule has 1 saturated heterocycles. The summed E-state index contributed by atoms with van der Waals surface area (Å²) in [5.74, 6) is -1.82. The lowest BCUT2D eigenvalue weighted by atomic mass is 9.97. The quantitative estimate of drug-likeness (QED) is 0.274. The van der Waals surface area contributed by atoms with Crippen LogP contribution in [0.25, 0.3) is 28.0 Å². The topological polar surface area (TPSA) is 115 Å². The van der Waals surface area contributed by atoms with Crippen LogP contribution in [0.15, 0.2) is 54.0 Å². The molecule has 0 radical (unpaired) electrons. The number of halogens is 2. The number of aromatic nitrogens is 3. The van der Waals surface area contributed by atoms with Crippen LogP contribution in [-0.4, -0.2) is 93.6 Å². The van der Waals surface area contributed by atoms with E-state index in [1.165, 1.54) is 33.7 Å². The molecule has 1 N–H and O–H groups in total. The zero-order valence-electron chi connectivity index (χ0n) is 28.4. The molecule has 1 fully saturated rings. The summed E-state index contributed by atoms with van der Waals surface area (Å²) in [6, 6.07) is 6.18. The van der Waals surface area contributed by atoms with Crippen LogP contribution < -0.4 is 15.4 Å². The highest BCUT2D eigenvalue weighted by Gasteiger charge is 2.47. The largest absolute Gasteiger partial charge is 0.507 e. The molecule has 0 spiro atoms. The van der Waals surface area contributed by atoms with E-state index in [4.69, 9.17) is 16.6 Å². The van der Waals surface area contributed by atoms with E-state index < -0.39 is 17.4 Å². The van der Waals surface area contributed by atoms with Gasteiger partial charge in [0, 0.05) is 37.3 Å². The Morgan fingerprint density at radius 2 is 1.92 bits per heavy atom. The summed E-state index contributed by atoms with van der Waals surface area (Å²) in [6.45, 7) is 12.3. The molecule has 2 unspecified atom stereocenters. The molecule has 2 aliphatic rings. The number of rotatable bonds is 7. The highest BCUT2D eigenvalue weighted by molar-refractivity contribution is 6.34. The number of amides is 2. The number of hydrogen-bond donors (Lipinski definition) is 1. The van der Waals surface area contributed by atoms with Crippen molar-refractivity contribution >= 4 is 45.8 Å². The number of pyridine rings is 3. The molecule has 0 saturated carbocycles. The molecular weight excluding hydrogens is 649 g/mol. The molecule has 0 bridgehead atoms. The lowest BCUT2D eigenvalue weighted by molar-refractivity contribution is -0.130. The highest BCUT2D eigenvalue weighted by Crippen LogP contribution is 2.45. The fourth-order valence-corrected chi connectivity index (χ4v) is 7.12. The summed E-state index contributed by atoms with van der Waals surface area (Å²) in [6.07, 6.45) is 2.91. The van der Waals surface area contributed by atoms with Crippen LogP contribution in [0.2, 0.25) is 5.02 Å². The zero-order chi connectivity index (χ0) is 35.5. The minimum atomic E-state index is -0.811. The Labute approximate surface area is 288 Å². The first-order valence-electron chi connectivity index (χ1n) is 16.2. The number of carbonyl (C=O) groups is 2.